The van der Waals surface area contributed by atoms with E-state index >= 15 is 0 Å². The molecule has 0 heterocycles. The minimum absolute atomic E-state index is 0.0162. The summed E-state index contributed by atoms with van der Waals surface area (Å²) >= 11 is 25.9. The summed E-state index contributed by atoms with van der Waals surface area (Å²) in [5.41, 5.74) is 1.61. The minimum Gasteiger partial charge on any atom is -0.352 e. The van der Waals surface area contributed by atoms with Crippen molar-refractivity contribution in [2.45, 2.75) is 51.6 Å². The van der Waals surface area contributed by atoms with Crippen LogP contribution in [0.25, 0.3) is 0 Å². The Morgan fingerprint density at radius 1 is 0.969 bits per heavy atom. The Labute approximate surface area is 213 Å². The highest BCUT2D eigenvalue weighted by molar-refractivity contribution is 7.99. The number of benzene rings is 2. The Balaban J connectivity index is 2.14. The van der Waals surface area contributed by atoms with E-state index in [9.17, 15) is 9.59 Å². The maximum Gasteiger partial charge on any atom is 0.242 e. The fourth-order valence-corrected chi connectivity index (χ4v) is 4.79. The van der Waals surface area contributed by atoms with Gasteiger partial charge in [0.25, 0.3) is 0 Å². The van der Waals surface area contributed by atoms with Gasteiger partial charge in [0.05, 0.1) is 5.75 Å². The third kappa shape index (κ3) is 8.03. The van der Waals surface area contributed by atoms with Crippen molar-refractivity contribution in [3.05, 3.63) is 67.6 Å². The predicted molar refractivity (Wildman–Crippen MR) is 137 cm³/mol. The van der Waals surface area contributed by atoms with Crippen molar-refractivity contribution >= 4 is 70.0 Å². The van der Waals surface area contributed by atoms with Gasteiger partial charge in [0.2, 0.25) is 11.8 Å². The van der Waals surface area contributed by atoms with E-state index in [0.29, 0.717) is 25.8 Å². The normalized spacial score (nSPS) is 12.8. The number of nitrogens with one attached hydrogen (secondary N) is 1. The summed E-state index contributed by atoms with van der Waals surface area (Å²) in [6, 6.07) is 9.75. The molecule has 2 rings (SSSR count). The van der Waals surface area contributed by atoms with Crippen LogP contribution in [-0.2, 0) is 21.9 Å². The first kappa shape index (κ1) is 27.1. The third-order valence-electron chi connectivity index (χ3n) is 5.02. The van der Waals surface area contributed by atoms with E-state index in [-0.39, 0.29) is 30.2 Å². The Morgan fingerprint density at radius 3 is 2.06 bits per heavy atom. The van der Waals surface area contributed by atoms with Crippen molar-refractivity contribution in [3.63, 3.8) is 0 Å². The molecule has 2 aromatic rings. The summed E-state index contributed by atoms with van der Waals surface area (Å²) in [5.74, 6) is 0.358. The van der Waals surface area contributed by atoms with Crippen molar-refractivity contribution in [2.75, 3.05) is 5.75 Å². The fraction of sp³-hybridized carbons (Fsp3) is 0.391. The molecule has 0 bridgehead atoms. The Bertz CT molecular complexity index is 958. The van der Waals surface area contributed by atoms with Crippen LogP contribution >= 0.6 is 58.2 Å². The smallest absolute Gasteiger partial charge is 0.242 e. The molecule has 4 nitrogen and oxygen atoms in total. The summed E-state index contributed by atoms with van der Waals surface area (Å²) in [7, 11) is 0. The highest BCUT2D eigenvalue weighted by Gasteiger charge is 2.27. The van der Waals surface area contributed by atoms with Gasteiger partial charge in [-0.2, -0.15) is 0 Å². The predicted octanol–water partition coefficient (Wildman–Crippen LogP) is 6.87. The van der Waals surface area contributed by atoms with Gasteiger partial charge in [0.15, 0.2) is 0 Å². The average Bonchev–Trinajstić information content (AvgIpc) is 2.74. The topological polar surface area (TPSA) is 49.4 Å². The fourth-order valence-electron chi connectivity index (χ4n) is 2.85. The summed E-state index contributed by atoms with van der Waals surface area (Å²) in [6.45, 7) is 5.84. The van der Waals surface area contributed by atoms with E-state index in [0.717, 1.165) is 17.5 Å². The van der Waals surface area contributed by atoms with Gasteiger partial charge in [-0.1, -0.05) is 65.5 Å². The van der Waals surface area contributed by atoms with Crippen molar-refractivity contribution in [1.82, 2.24) is 10.2 Å². The number of hydrogen-bond donors (Lipinski definition) is 1. The lowest BCUT2D eigenvalue weighted by molar-refractivity contribution is -0.138. The van der Waals surface area contributed by atoms with Gasteiger partial charge in [-0.25, -0.2) is 0 Å². The monoisotopic (exact) mass is 534 g/mol. The number of nitrogens with zero attached hydrogens (tertiary/aromatic N) is 1. The minimum atomic E-state index is -0.664. The molecule has 0 spiro atoms. The van der Waals surface area contributed by atoms with Crippen LogP contribution in [0.2, 0.25) is 20.1 Å². The summed E-state index contributed by atoms with van der Waals surface area (Å²) in [4.78, 5) is 27.5. The van der Waals surface area contributed by atoms with Crippen LogP contribution in [0.4, 0.5) is 0 Å². The largest absolute Gasteiger partial charge is 0.352 e. The van der Waals surface area contributed by atoms with E-state index in [1.807, 2.05) is 19.9 Å². The lowest BCUT2D eigenvalue weighted by Gasteiger charge is -2.30. The standard InChI is InChI=1S/C23H26Cl4N2O2S/c1-4-14(2)28-23(31)15(3)29(11-16-5-7-18(24)9-20(16)26)22(30)13-32-12-17-6-8-19(25)10-21(17)27/h5-10,14-15H,4,11-13H2,1-3H3,(H,28,31)/t14-,15-/m0/s1. The Kier molecular flexibility index (Phi) is 11.0. The molecule has 32 heavy (non-hydrogen) atoms. The molecule has 0 aliphatic carbocycles. The zero-order valence-electron chi connectivity index (χ0n) is 18.1. The molecule has 2 amide bonds. The first-order valence-electron chi connectivity index (χ1n) is 10.2. The summed E-state index contributed by atoms with van der Waals surface area (Å²) in [6.07, 6.45) is 0.799. The van der Waals surface area contributed by atoms with Gasteiger partial charge < -0.3 is 10.2 Å². The molecule has 9 heteroatoms. The van der Waals surface area contributed by atoms with Crippen molar-refractivity contribution in [3.8, 4) is 0 Å². The van der Waals surface area contributed by atoms with Gasteiger partial charge in [-0.3, -0.25) is 9.59 Å². The lowest BCUT2D eigenvalue weighted by atomic mass is 10.1. The van der Waals surface area contributed by atoms with Gasteiger partial charge in [0, 0.05) is 38.4 Å². The van der Waals surface area contributed by atoms with Crippen molar-refractivity contribution in [2.24, 2.45) is 0 Å². The van der Waals surface area contributed by atoms with Gasteiger partial charge in [0.1, 0.15) is 6.04 Å². The molecule has 2 aromatic carbocycles. The zero-order chi connectivity index (χ0) is 23.8. The van der Waals surface area contributed by atoms with Crippen LogP contribution in [0.1, 0.15) is 38.3 Å². The summed E-state index contributed by atoms with van der Waals surface area (Å²) < 4.78 is 0. The van der Waals surface area contributed by atoms with Crippen LogP contribution in [0.5, 0.6) is 0 Å². The molecular weight excluding hydrogens is 510 g/mol. The number of carbonyl (C=O) groups excluding carboxylic acids is 2. The Hall–Kier alpha value is -1.11. The van der Waals surface area contributed by atoms with Gasteiger partial charge in [-0.05, 0) is 55.7 Å². The zero-order valence-corrected chi connectivity index (χ0v) is 22.0. The molecule has 0 aromatic heterocycles. The van der Waals surface area contributed by atoms with Crippen LogP contribution in [0.3, 0.4) is 0 Å². The number of thioether (sulfide) groups is 1. The maximum atomic E-state index is 13.2. The number of halogens is 4. The number of amides is 2. The van der Waals surface area contributed by atoms with Gasteiger partial charge >= 0.3 is 0 Å². The van der Waals surface area contributed by atoms with E-state index in [1.165, 1.54) is 11.8 Å². The molecule has 0 unspecified atom stereocenters. The van der Waals surface area contributed by atoms with Crippen LogP contribution in [0.15, 0.2) is 36.4 Å². The van der Waals surface area contributed by atoms with E-state index in [4.69, 9.17) is 46.4 Å². The maximum absolute atomic E-state index is 13.2. The van der Waals surface area contributed by atoms with E-state index < -0.39 is 6.04 Å². The van der Waals surface area contributed by atoms with Crippen LogP contribution in [0, 0.1) is 0 Å². The molecule has 174 valence electrons. The molecule has 0 aliphatic heterocycles. The summed E-state index contributed by atoms with van der Waals surface area (Å²) in [5, 5.41) is 5.02. The van der Waals surface area contributed by atoms with Crippen molar-refractivity contribution in [1.29, 1.82) is 0 Å². The molecule has 0 radical (unpaired) electrons. The number of rotatable bonds is 10. The van der Waals surface area contributed by atoms with E-state index in [2.05, 4.69) is 5.32 Å². The van der Waals surface area contributed by atoms with Gasteiger partial charge in [-0.15, -0.1) is 11.8 Å². The third-order valence-corrected chi connectivity index (χ3v) is 7.16. The number of hydrogen-bond acceptors (Lipinski definition) is 3. The molecule has 0 fully saturated rings. The second-order valence-corrected chi connectivity index (χ2v) is 10.2. The molecule has 2 atom stereocenters. The quantitative estimate of drug-likeness (QED) is 0.361. The number of carbonyl (C=O) groups is 2. The second kappa shape index (κ2) is 13.0. The first-order chi connectivity index (χ1) is 15.1. The highest BCUT2D eigenvalue weighted by atomic mass is 35.5. The molecule has 0 aliphatic rings. The molecule has 1 N–H and O–H groups in total. The lowest BCUT2D eigenvalue weighted by Crippen LogP contribution is -2.50. The highest BCUT2D eigenvalue weighted by Crippen LogP contribution is 2.26. The second-order valence-electron chi connectivity index (χ2n) is 7.48. The SMILES string of the molecule is CC[C@H](C)NC(=O)[C@H](C)N(Cc1ccc(Cl)cc1Cl)C(=O)CSCc1ccc(Cl)cc1Cl. The van der Waals surface area contributed by atoms with Crippen LogP contribution in [-0.4, -0.2) is 34.6 Å². The molecule has 0 saturated carbocycles. The first-order valence-corrected chi connectivity index (χ1v) is 12.8. The van der Waals surface area contributed by atoms with Crippen LogP contribution < -0.4 is 5.32 Å². The van der Waals surface area contributed by atoms with E-state index in [1.54, 1.807) is 42.2 Å². The van der Waals surface area contributed by atoms with Crippen molar-refractivity contribution < 1.29 is 9.59 Å². The average molecular weight is 536 g/mol. The molecular formula is C23H26Cl4N2O2S. The Morgan fingerprint density at radius 2 is 1.53 bits per heavy atom. The molecule has 0 saturated heterocycles.